The fraction of sp³-hybridized carbons (Fsp3) is 0.467. The Morgan fingerprint density at radius 1 is 1.39 bits per heavy atom. The van der Waals surface area contributed by atoms with Gasteiger partial charge in [0.2, 0.25) is 0 Å². The predicted octanol–water partition coefficient (Wildman–Crippen LogP) is 3.06. The van der Waals surface area contributed by atoms with Crippen molar-refractivity contribution in [2.24, 2.45) is 0 Å². The molecule has 1 atom stereocenters. The molecule has 0 aliphatic carbocycles. The number of benzene rings is 1. The van der Waals surface area contributed by atoms with Crippen LogP contribution in [0.4, 0.5) is 5.69 Å². The summed E-state index contributed by atoms with van der Waals surface area (Å²) < 4.78 is 0. The molecule has 1 aromatic carbocycles. The summed E-state index contributed by atoms with van der Waals surface area (Å²) >= 11 is 0. The Morgan fingerprint density at radius 3 is 2.61 bits per heavy atom. The third-order valence-corrected chi connectivity index (χ3v) is 3.82. The molecule has 0 saturated carbocycles. The Labute approximate surface area is 148 Å². The van der Waals surface area contributed by atoms with Crippen LogP contribution < -0.4 is 5.32 Å². The van der Waals surface area contributed by atoms with Crippen LogP contribution in [0.25, 0.3) is 0 Å². The zero-order valence-corrected chi connectivity index (χ0v) is 14.4. The van der Waals surface area contributed by atoms with Gasteiger partial charge in [-0.3, -0.25) is 15.0 Å². The van der Waals surface area contributed by atoms with Gasteiger partial charge < -0.3 is 10.4 Å². The fourth-order valence-corrected chi connectivity index (χ4v) is 2.73. The number of phenols is 1. The Bertz CT molecular complexity index is 523. The first-order valence-corrected chi connectivity index (χ1v) is 7.16. The topological polar surface area (TPSA) is 78.6 Å². The van der Waals surface area contributed by atoms with E-state index < -0.39 is 4.92 Å². The molecular formula is C15H23Cl2N3O3. The van der Waals surface area contributed by atoms with Crippen LogP contribution in [0.3, 0.4) is 0 Å². The second-order valence-electron chi connectivity index (χ2n) is 5.17. The van der Waals surface area contributed by atoms with Crippen molar-refractivity contribution in [3.63, 3.8) is 0 Å². The molecule has 2 rings (SSSR count). The lowest BCUT2D eigenvalue weighted by atomic mass is 9.98. The van der Waals surface area contributed by atoms with Crippen LogP contribution in [0.15, 0.2) is 30.9 Å². The molecule has 0 unspecified atom stereocenters. The van der Waals surface area contributed by atoms with Crippen LogP contribution >= 0.6 is 24.8 Å². The molecule has 1 saturated heterocycles. The standard InChI is InChI=1S/C15H21N3O3.2ClH/c1-2-3-4-14(17-9-7-16-8-10-17)13-11-12(18(20)21)5-6-15(13)19;;/h2,5-6,11,14,16,19H,1,3-4,7-10H2;2*1H/t14-;;/m1../s1. The quantitative estimate of drug-likeness (QED) is 0.461. The number of nitrogens with one attached hydrogen (secondary N) is 1. The van der Waals surface area contributed by atoms with E-state index in [2.05, 4.69) is 16.8 Å². The zero-order valence-electron chi connectivity index (χ0n) is 12.8. The Kier molecular flexibility index (Phi) is 9.83. The van der Waals surface area contributed by atoms with Crippen molar-refractivity contribution < 1.29 is 10.0 Å². The second kappa shape index (κ2) is 10.4. The first-order chi connectivity index (χ1) is 10.1. The number of rotatable bonds is 6. The minimum Gasteiger partial charge on any atom is -0.508 e. The van der Waals surface area contributed by atoms with Crippen LogP contribution in [0.1, 0.15) is 24.4 Å². The Balaban J connectivity index is 0.00000242. The van der Waals surface area contributed by atoms with Crippen molar-refractivity contribution in [2.45, 2.75) is 18.9 Å². The van der Waals surface area contributed by atoms with Gasteiger partial charge in [0.25, 0.3) is 5.69 Å². The molecule has 1 aromatic rings. The molecule has 0 bridgehead atoms. The van der Waals surface area contributed by atoms with Crippen molar-refractivity contribution >= 4 is 30.5 Å². The van der Waals surface area contributed by atoms with Crippen LogP contribution in [0, 0.1) is 10.1 Å². The van der Waals surface area contributed by atoms with Gasteiger partial charge in [0.1, 0.15) is 5.75 Å². The SMILES string of the molecule is C=CCC[C@H](c1cc([N+](=O)[O-])ccc1O)N1CCNCC1.Cl.Cl. The molecule has 23 heavy (non-hydrogen) atoms. The molecule has 0 amide bonds. The molecule has 130 valence electrons. The monoisotopic (exact) mass is 363 g/mol. The van der Waals surface area contributed by atoms with Gasteiger partial charge in [0, 0.05) is 49.9 Å². The van der Waals surface area contributed by atoms with E-state index in [0.717, 1.165) is 39.0 Å². The second-order valence-corrected chi connectivity index (χ2v) is 5.17. The van der Waals surface area contributed by atoms with Gasteiger partial charge in [-0.1, -0.05) is 6.08 Å². The molecule has 0 aromatic heterocycles. The number of nitrogens with zero attached hydrogens (tertiary/aromatic N) is 2. The minimum absolute atomic E-state index is 0. The van der Waals surface area contributed by atoms with Gasteiger partial charge in [0.05, 0.1) is 4.92 Å². The number of piperazine rings is 1. The van der Waals surface area contributed by atoms with E-state index in [1.165, 1.54) is 18.2 Å². The summed E-state index contributed by atoms with van der Waals surface area (Å²) in [5.41, 5.74) is 0.648. The Hall–Kier alpha value is -1.34. The average molecular weight is 364 g/mol. The normalized spacial score (nSPS) is 15.8. The van der Waals surface area contributed by atoms with Gasteiger partial charge in [-0.15, -0.1) is 31.4 Å². The molecule has 6 nitrogen and oxygen atoms in total. The molecule has 0 radical (unpaired) electrons. The van der Waals surface area contributed by atoms with Crippen molar-refractivity contribution in [3.05, 3.63) is 46.5 Å². The van der Waals surface area contributed by atoms with E-state index in [1.54, 1.807) is 0 Å². The van der Waals surface area contributed by atoms with E-state index >= 15 is 0 Å². The summed E-state index contributed by atoms with van der Waals surface area (Å²) in [6.45, 7) is 7.25. The van der Waals surface area contributed by atoms with Gasteiger partial charge in [-0.25, -0.2) is 0 Å². The third-order valence-electron chi connectivity index (χ3n) is 3.82. The number of phenolic OH excluding ortho intramolecular Hbond substituents is 1. The third kappa shape index (κ3) is 5.66. The van der Waals surface area contributed by atoms with Crippen LogP contribution in [0.2, 0.25) is 0 Å². The summed E-state index contributed by atoms with van der Waals surface area (Å²) in [7, 11) is 0. The van der Waals surface area contributed by atoms with Gasteiger partial charge in [0.15, 0.2) is 0 Å². The number of non-ortho nitro benzene ring substituents is 1. The molecule has 0 spiro atoms. The van der Waals surface area contributed by atoms with E-state index in [1.807, 2.05) is 6.08 Å². The molecule has 1 aliphatic heterocycles. The molecule has 1 aliphatic rings. The number of hydrogen-bond acceptors (Lipinski definition) is 5. The maximum Gasteiger partial charge on any atom is 0.270 e. The van der Waals surface area contributed by atoms with Crippen molar-refractivity contribution in [3.8, 4) is 5.75 Å². The zero-order chi connectivity index (χ0) is 15.2. The predicted molar refractivity (Wildman–Crippen MR) is 95.9 cm³/mol. The molecule has 1 fully saturated rings. The summed E-state index contributed by atoms with van der Waals surface area (Å²) in [5, 5.41) is 24.4. The number of nitro benzene ring substituents is 1. The number of hydrogen-bond donors (Lipinski definition) is 2. The van der Waals surface area contributed by atoms with E-state index in [-0.39, 0.29) is 42.3 Å². The molecule has 1 heterocycles. The lowest BCUT2D eigenvalue weighted by Gasteiger charge is -2.35. The fourth-order valence-electron chi connectivity index (χ4n) is 2.73. The Morgan fingerprint density at radius 2 is 2.04 bits per heavy atom. The van der Waals surface area contributed by atoms with Crippen molar-refractivity contribution in [1.29, 1.82) is 0 Å². The van der Waals surface area contributed by atoms with E-state index in [9.17, 15) is 15.2 Å². The number of nitro groups is 1. The average Bonchev–Trinajstić information content (AvgIpc) is 2.50. The van der Waals surface area contributed by atoms with Crippen LogP contribution in [0.5, 0.6) is 5.75 Å². The number of halogens is 2. The van der Waals surface area contributed by atoms with Gasteiger partial charge in [-0.05, 0) is 18.9 Å². The number of aromatic hydroxyl groups is 1. The van der Waals surface area contributed by atoms with Gasteiger partial charge >= 0.3 is 0 Å². The summed E-state index contributed by atoms with van der Waals surface area (Å²) in [5.74, 6) is 0.119. The maximum atomic E-state index is 11.0. The van der Waals surface area contributed by atoms with Gasteiger partial charge in [-0.2, -0.15) is 0 Å². The highest BCUT2D eigenvalue weighted by molar-refractivity contribution is 5.85. The summed E-state index contributed by atoms with van der Waals surface area (Å²) in [6, 6.07) is 4.22. The highest BCUT2D eigenvalue weighted by Crippen LogP contribution is 2.35. The van der Waals surface area contributed by atoms with Crippen molar-refractivity contribution in [2.75, 3.05) is 26.2 Å². The first kappa shape index (κ1) is 21.7. The van der Waals surface area contributed by atoms with Crippen LogP contribution in [-0.4, -0.2) is 41.1 Å². The van der Waals surface area contributed by atoms with E-state index in [0.29, 0.717) is 5.56 Å². The smallest absolute Gasteiger partial charge is 0.270 e. The highest BCUT2D eigenvalue weighted by Gasteiger charge is 2.25. The number of allylic oxidation sites excluding steroid dienone is 1. The van der Waals surface area contributed by atoms with Crippen molar-refractivity contribution in [1.82, 2.24) is 10.2 Å². The molecule has 8 heteroatoms. The summed E-state index contributed by atoms with van der Waals surface area (Å²) in [6.07, 6.45) is 3.43. The maximum absolute atomic E-state index is 11.0. The molecular weight excluding hydrogens is 341 g/mol. The van der Waals surface area contributed by atoms with Crippen LogP contribution in [-0.2, 0) is 0 Å². The lowest BCUT2D eigenvalue weighted by Crippen LogP contribution is -2.45. The summed E-state index contributed by atoms with van der Waals surface area (Å²) in [4.78, 5) is 12.8. The highest BCUT2D eigenvalue weighted by atomic mass is 35.5. The molecule has 2 N–H and O–H groups in total. The minimum atomic E-state index is -0.425. The lowest BCUT2D eigenvalue weighted by molar-refractivity contribution is -0.385. The van der Waals surface area contributed by atoms with E-state index in [4.69, 9.17) is 0 Å². The first-order valence-electron chi connectivity index (χ1n) is 7.16. The largest absolute Gasteiger partial charge is 0.508 e.